The van der Waals surface area contributed by atoms with Gasteiger partial charge in [-0.25, -0.2) is 4.79 Å². The minimum atomic E-state index is -0.960. The average molecular weight is 350 g/mol. The highest BCUT2D eigenvalue weighted by Crippen LogP contribution is 2.25. The Bertz CT molecular complexity index is 863. The van der Waals surface area contributed by atoms with Crippen LogP contribution in [0.2, 0.25) is 0 Å². The van der Waals surface area contributed by atoms with Gasteiger partial charge in [0.05, 0.1) is 0 Å². The first-order valence-corrected chi connectivity index (χ1v) is 8.84. The third kappa shape index (κ3) is 4.03. The van der Waals surface area contributed by atoms with E-state index in [-0.39, 0.29) is 5.78 Å². The molecule has 0 amide bonds. The molecule has 1 aromatic heterocycles. The fourth-order valence-corrected chi connectivity index (χ4v) is 3.05. The van der Waals surface area contributed by atoms with Gasteiger partial charge in [0.1, 0.15) is 4.88 Å². The summed E-state index contributed by atoms with van der Waals surface area (Å²) < 4.78 is 5.59. The molecule has 0 aliphatic rings. The summed E-state index contributed by atoms with van der Waals surface area (Å²) in [7, 11) is 0. The number of Topliss-reactive ketones (excluding diaryl/α,β-unsaturated/α-hetero) is 1. The largest absolute Gasteiger partial charge is 0.445 e. The second kappa shape index (κ2) is 7.45. The lowest BCUT2D eigenvalue weighted by Gasteiger charge is -2.17. The Kier molecular flexibility index (Phi) is 5.10. The lowest BCUT2D eigenvalue weighted by molar-refractivity contribution is 0.0285. The van der Waals surface area contributed by atoms with Gasteiger partial charge in [-0.05, 0) is 25.3 Å². The first kappa shape index (κ1) is 17.1. The molecule has 1 heterocycles. The van der Waals surface area contributed by atoms with Crippen LogP contribution in [0, 0.1) is 13.8 Å². The Morgan fingerprint density at radius 2 is 1.48 bits per heavy atom. The van der Waals surface area contributed by atoms with Gasteiger partial charge < -0.3 is 4.74 Å². The number of carbonyl (C=O) groups is 2. The van der Waals surface area contributed by atoms with Crippen LogP contribution in [-0.4, -0.2) is 11.8 Å². The Labute approximate surface area is 150 Å². The van der Waals surface area contributed by atoms with Crippen molar-refractivity contribution in [2.75, 3.05) is 0 Å². The molecule has 4 heteroatoms. The Balaban J connectivity index is 1.93. The van der Waals surface area contributed by atoms with Gasteiger partial charge >= 0.3 is 5.97 Å². The molecule has 3 aromatic rings. The van der Waals surface area contributed by atoms with Crippen LogP contribution >= 0.6 is 11.3 Å². The van der Waals surface area contributed by atoms with E-state index >= 15 is 0 Å². The molecular weight excluding hydrogens is 332 g/mol. The topological polar surface area (TPSA) is 43.4 Å². The number of aryl methyl sites for hydroxylation is 2. The summed E-state index contributed by atoms with van der Waals surface area (Å²) in [5.74, 6) is -0.713. The third-order valence-corrected chi connectivity index (χ3v) is 4.75. The minimum Gasteiger partial charge on any atom is -0.445 e. The molecule has 3 nitrogen and oxygen atoms in total. The van der Waals surface area contributed by atoms with E-state index < -0.39 is 12.1 Å². The molecule has 0 radical (unpaired) electrons. The fraction of sp³-hybridized carbons (Fsp3) is 0.143. The molecule has 0 saturated carbocycles. The molecule has 3 rings (SSSR count). The van der Waals surface area contributed by atoms with Crippen molar-refractivity contribution in [1.29, 1.82) is 0 Å². The number of esters is 1. The highest BCUT2D eigenvalue weighted by molar-refractivity contribution is 7.11. The number of carbonyl (C=O) groups excluding carboxylic acids is 2. The van der Waals surface area contributed by atoms with Crippen LogP contribution < -0.4 is 0 Å². The van der Waals surface area contributed by atoms with E-state index in [0.717, 1.165) is 11.1 Å². The summed E-state index contributed by atoms with van der Waals surface area (Å²) >= 11 is 1.29. The van der Waals surface area contributed by atoms with E-state index in [1.165, 1.54) is 11.3 Å². The molecule has 0 aliphatic carbocycles. The summed E-state index contributed by atoms with van der Waals surface area (Å²) in [5.41, 5.74) is 3.34. The van der Waals surface area contributed by atoms with Gasteiger partial charge in [0.15, 0.2) is 6.10 Å². The van der Waals surface area contributed by atoms with Crippen molar-refractivity contribution < 1.29 is 14.3 Å². The second-order valence-electron chi connectivity index (χ2n) is 5.90. The zero-order valence-electron chi connectivity index (χ0n) is 14.1. The fourth-order valence-electron chi connectivity index (χ4n) is 2.44. The maximum Gasteiger partial charge on any atom is 0.349 e. The number of hydrogen-bond acceptors (Lipinski definition) is 4. The lowest BCUT2D eigenvalue weighted by atomic mass is 9.98. The van der Waals surface area contributed by atoms with E-state index in [1.807, 2.05) is 50.2 Å². The van der Waals surface area contributed by atoms with Gasteiger partial charge in [0.25, 0.3) is 0 Å². The minimum absolute atomic E-state index is 0.228. The Hall–Kier alpha value is -2.72. The molecule has 0 spiro atoms. The van der Waals surface area contributed by atoms with Gasteiger partial charge in [-0.1, -0.05) is 65.7 Å². The molecule has 1 atom stereocenters. The molecule has 0 unspecified atom stereocenters. The SMILES string of the molecule is Cc1ccc(C(=O)[C@@H](OC(=O)c2cccs2)c2ccc(C)cc2)cc1. The zero-order valence-corrected chi connectivity index (χ0v) is 14.9. The van der Waals surface area contributed by atoms with Gasteiger partial charge in [-0.15, -0.1) is 11.3 Å². The van der Waals surface area contributed by atoms with Crippen molar-refractivity contribution in [1.82, 2.24) is 0 Å². The predicted octanol–water partition coefficient (Wildman–Crippen LogP) is 5.15. The van der Waals surface area contributed by atoms with Crippen molar-refractivity contribution in [2.45, 2.75) is 20.0 Å². The van der Waals surface area contributed by atoms with Crippen molar-refractivity contribution in [3.63, 3.8) is 0 Å². The summed E-state index contributed by atoms with van der Waals surface area (Å²) in [5, 5.41) is 1.80. The number of thiophene rings is 1. The van der Waals surface area contributed by atoms with Crippen molar-refractivity contribution in [2.24, 2.45) is 0 Å². The predicted molar refractivity (Wildman–Crippen MR) is 99.2 cm³/mol. The standard InChI is InChI=1S/C21H18O3S/c1-14-5-9-16(10-6-14)19(22)20(17-11-7-15(2)8-12-17)24-21(23)18-4-3-13-25-18/h3-13,20H,1-2H3/t20-/m0/s1. The normalized spacial score (nSPS) is 11.8. The van der Waals surface area contributed by atoms with E-state index in [0.29, 0.717) is 16.0 Å². The van der Waals surface area contributed by atoms with Crippen LogP contribution in [0.15, 0.2) is 66.0 Å². The molecule has 0 aliphatic heterocycles. The highest BCUT2D eigenvalue weighted by atomic mass is 32.1. The Morgan fingerprint density at radius 1 is 0.880 bits per heavy atom. The maximum atomic E-state index is 13.0. The second-order valence-corrected chi connectivity index (χ2v) is 6.85. The molecule has 126 valence electrons. The van der Waals surface area contributed by atoms with Crippen molar-refractivity contribution in [3.05, 3.63) is 93.2 Å². The first-order valence-electron chi connectivity index (χ1n) is 7.96. The number of ether oxygens (including phenoxy) is 1. The van der Waals surface area contributed by atoms with Gasteiger partial charge in [0, 0.05) is 11.1 Å². The maximum absolute atomic E-state index is 13.0. The zero-order chi connectivity index (χ0) is 17.8. The van der Waals surface area contributed by atoms with Gasteiger partial charge in [0.2, 0.25) is 5.78 Å². The smallest absolute Gasteiger partial charge is 0.349 e. The summed E-state index contributed by atoms with van der Waals surface area (Å²) in [4.78, 5) is 25.8. The average Bonchev–Trinajstić information content (AvgIpc) is 3.15. The van der Waals surface area contributed by atoms with Gasteiger partial charge in [-0.3, -0.25) is 4.79 Å². The van der Waals surface area contributed by atoms with Gasteiger partial charge in [-0.2, -0.15) is 0 Å². The monoisotopic (exact) mass is 350 g/mol. The van der Waals surface area contributed by atoms with E-state index in [1.54, 1.807) is 29.6 Å². The van der Waals surface area contributed by atoms with Crippen LogP contribution in [0.5, 0.6) is 0 Å². The molecule has 2 aromatic carbocycles. The molecule has 25 heavy (non-hydrogen) atoms. The van der Waals surface area contributed by atoms with Crippen LogP contribution in [0.25, 0.3) is 0 Å². The summed E-state index contributed by atoms with van der Waals surface area (Å²) in [6.45, 7) is 3.93. The van der Waals surface area contributed by atoms with Crippen LogP contribution in [0.4, 0.5) is 0 Å². The van der Waals surface area contributed by atoms with Crippen molar-refractivity contribution in [3.8, 4) is 0 Å². The number of ketones is 1. The van der Waals surface area contributed by atoms with E-state index in [2.05, 4.69) is 0 Å². The summed E-state index contributed by atoms with van der Waals surface area (Å²) in [6, 6.07) is 18.2. The Morgan fingerprint density at radius 3 is 2.04 bits per heavy atom. The number of rotatable bonds is 5. The lowest BCUT2D eigenvalue weighted by Crippen LogP contribution is -2.20. The van der Waals surface area contributed by atoms with Crippen LogP contribution in [0.3, 0.4) is 0 Å². The molecular formula is C21H18O3S. The molecule has 0 N–H and O–H groups in total. The van der Waals surface area contributed by atoms with Crippen LogP contribution in [-0.2, 0) is 4.74 Å². The summed E-state index contributed by atoms with van der Waals surface area (Å²) in [6.07, 6.45) is -0.960. The number of benzene rings is 2. The van der Waals surface area contributed by atoms with E-state index in [4.69, 9.17) is 4.74 Å². The third-order valence-electron chi connectivity index (χ3n) is 3.90. The van der Waals surface area contributed by atoms with Crippen molar-refractivity contribution >= 4 is 23.1 Å². The molecule has 0 fully saturated rings. The number of hydrogen-bond donors (Lipinski definition) is 0. The van der Waals surface area contributed by atoms with Crippen LogP contribution in [0.1, 0.15) is 42.8 Å². The molecule has 0 saturated heterocycles. The quantitative estimate of drug-likeness (QED) is 0.472. The first-order chi connectivity index (χ1) is 12.0. The van der Waals surface area contributed by atoms with E-state index in [9.17, 15) is 9.59 Å². The molecule has 0 bridgehead atoms. The highest BCUT2D eigenvalue weighted by Gasteiger charge is 2.27.